The molecule has 0 aliphatic heterocycles. The average Bonchev–Trinajstić information content (AvgIpc) is 2.43. The van der Waals surface area contributed by atoms with Gasteiger partial charge in [0.1, 0.15) is 0 Å². The minimum absolute atomic E-state index is 0.153. The molecule has 0 aromatic heterocycles. The molecule has 0 bridgehead atoms. The van der Waals surface area contributed by atoms with Crippen molar-refractivity contribution >= 4 is 23.2 Å². The highest BCUT2D eigenvalue weighted by molar-refractivity contribution is 6.30. The quantitative estimate of drug-likeness (QED) is 0.251. The minimum atomic E-state index is -0.535. The molecular formula is C12H16ClN3O4. The molecule has 1 rings (SSSR count). The topological polar surface area (TPSA) is 107 Å². The van der Waals surface area contributed by atoms with E-state index in [1.165, 1.54) is 18.2 Å². The molecule has 1 aromatic rings. The monoisotopic (exact) mass is 301 g/mol. The van der Waals surface area contributed by atoms with E-state index in [-0.39, 0.29) is 22.4 Å². The van der Waals surface area contributed by atoms with Crippen LogP contribution in [0.1, 0.15) is 25.7 Å². The summed E-state index contributed by atoms with van der Waals surface area (Å²) in [4.78, 5) is 21.2. The first kappa shape index (κ1) is 16.2. The van der Waals surface area contributed by atoms with Crippen LogP contribution in [0.3, 0.4) is 0 Å². The Labute approximate surface area is 121 Å². The fourth-order valence-electron chi connectivity index (χ4n) is 1.57. The van der Waals surface area contributed by atoms with Crippen LogP contribution in [0.4, 0.5) is 5.69 Å². The van der Waals surface area contributed by atoms with Crippen molar-refractivity contribution in [2.24, 2.45) is 5.84 Å². The van der Waals surface area contributed by atoms with Gasteiger partial charge in [0.2, 0.25) is 5.91 Å². The number of hydrogen-bond donors (Lipinski definition) is 2. The average molecular weight is 302 g/mol. The van der Waals surface area contributed by atoms with Crippen molar-refractivity contribution in [1.82, 2.24) is 5.43 Å². The predicted octanol–water partition coefficient (Wildman–Crippen LogP) is 2.18. The van der Waals surface area contributed by atoms with Crippen LogP contribution in [0.25, 0.3) is 0 Å². The van der Waals surface area contributed by atoms with Gasteiger partial charge >= 0.3 is 5.69 Å². The van der Waals surface area contributed by atoms with E-state index in [1.54, 1.807) is 0 Å². The summed E-state index contributed by atoms with van der Waals surface area (Å²) in [5.41, 5.74) is 1.90. The van der Waals surface area contributed by atoms with E-state index >= 15 is 0 Å². The highest BCUT2D eigenvalue weighted by atomic mass is 35.5. The summed E-state index contributed by atoms with van der Waals surface area (Å²) < 4.78 is 5.36. The Morgan fingerprint density at radius 1 is 1.40 bits per heavy atom. The van der Waals surface area contributed by atoms with Crippen LogP contribution >= 0.6 is 11.6 Å². The molecule has 8 heteroatoms. The largest absolute Gasteiger partial charge is 0.487 e. The molecule has 0 fully saturated rings. The van der Waals surface area contributed by atoms with E-state index in [4.69, 9.17) is 22.2 Å². The summed E-state index contributed by atoms with van der Waals surface area (Å²) >= 11 is 5.70. The molecule has 0 aliphatic rings. The van der Waals surface area contributed by atoms with Gasteiger partial charge in [-0.3, -0.25) is 20.3 Å². The molecule has 20 heavy (non-hydrogen) atoms. The maximum absolute atomic E-state index is 10.9. The molecule has 0 saturated heterocycles. The SMILES string of the molecule is NNC(=O)CCCCCOc1ccc(Cl)cc1[N+](=O)[O-]. The van der Waals surface area contributed by atoms with Crippen LogP contribution in [0.15, 0.2) is 18.2 Å². The first-order chi connectivity index (χ1) is 9.54. The summed E-state index contributed by atoms with van der Waals surface area (Å²) in [5.74, 6) is 4.93. The van der Waals surface area contributed by atoms with Crippen LogP contribution in [0, 0.1) is 10.1 Å². The number of hydrogen-bond acceptors (Lipinski definition) is 5. The molecule has 0 unspecified atom stereocenters. The number of hydrazine groups is 1. The second-order valence-corrected chi connectivity index (χ2v) is 4.53. The number of nitro benzene ring substituents is 1. The third kappa shape index (κ3) is 5.41. The van der Waals surface area contributed by atoms with Crippen molar-refractivity contribution in [2.75, 3.05) is 6.61 Å². The molecular weight excluding hydrogens is 286 g/mol. The summed E-state index contributed by atoms with van der Waals surface area (Å²) in [6.07, 6.45) is 2.51. The summed E-state index contributed by atoms with van der Waals surface area (Å²) in [7, 11) is 0. The van der Waals surface area contributed by atoms with Crippen molar-refractivity contribution in [2.45, 2.75) is 25.7 Å². The lowest BCUT2D eigenvalue weighted by Gasteiger charge is -2.06. The molecule has 7 nitrogen and oxygen atoms in total. The van der Waals surface area contributed by atoms with Crippen molar-refractivity contribution in [3.63, 3.8) is 0 Å². The number of ether oxygens (including phenoxy) is 1. The van der Waals surface area contributed by atoms with Gasteiger partial charge in [0.05, 0.1) is 11.5 Å². The van der Waals surface area contributed by atoms with Gasteiger partial charge in [-0.05, 0) is 31.4 Å². The fourth-order valence-corrected chi connectivity index (χ4v) is 1.74. The molecule has 110 valence electrons. The van der Waals surface area contributed by atoms with Gasteiger partial charge in [-0.25, -0.2) is 5.84 Å². The first-order valence-corrected chi connectivity index (χ1v) is 6.48. The Hall–Kier alpha value is -1.86. The molecule has 0 spiro atoms. The van der Waals surface area contributed by atoms with Gasteiger partial charge in [-0.15, -0.1) is 0 Å². The van der Waals surface area contributed by atoms with Gasteiger partial charge in [-0.1, -0.05) is 11.6 Å². The number of unbranched alkanes of at least 4 members (excludes halogenated alkanes) is 2. The molecule has 0 heterocycles. The second-order valence-electron chi connectivity index (χ2n) is 4.10. The van der Waals surface area contributed by atoms with E-state index in [9.17, 15) is 14.9 Å². The lowest BCUT2D eigenvalue weighted by atomic mass is 10.2. The Morgan fingerprint density at radius 3 is 2.80 bits per heavy atom. The van der Waals surface area contributed by atoms with E-state index in [2.05, 4.69) is 0 Å². The third-order valence-electron chi connectivity index (χ3n) is 2.58. The number of nitrogens with two attached hydrogens (primary N) is 1. The summed E-state index contributed by atoms with van der Waals surface area (Å²) in [6.45, 7) is 0.340. The Bertz CT molecular complexity index is 482. The highest BCUT2D eigenvalue weighted by Crippen LogP contribution is 2.29. The van der Waals surface area contributed by atoms with Crippen LogP contribution in [-0.2, 0) is 4.79 Å². The Balaban J connectivity index is 2.35. The van der Waals surface area contributed by atoms with Gasteiger partial charge in [0, 0.05) is 17.5 Å². The van der Waals surface area contributed by atoms with Gasteiger partial charge in [-0.2, -0.15) is 0 Å². The van der Waals surface area contributed by atoms with E-state index in [0.717, 1.165) is 6.42 Å². The number of halogens is 1. The minimum Gasteiger partial charge on any atom is -0.487 e. The van der Waals surface area contributed by atoms with Crippen molar-refractivity contribution in [3.8, 4) is 5.75 Å². The number of nitrogens with zero attached hydrogens (tertiary/aromatic N) is 1. The molecule has 3 N–H and O–H groups in total. The van der Waals surface area contributed by atoms with Crippen LogP contribution in [0.2, 0.25) is 5.02 Å². The molecule has 0 saturated carbocycles. The molecule has 1 aromatic carbocycles. The molecule has 1 amide bonds. The van der Waals surface area contributed by atoms with Gasteiger partial charge < -0.3 is 4.74 Å². The smallest absolute Gasteiger partial charge is 0.312 e. The Kier molecular flexibility index (Phi) is 6.75. The number of carbonyl (C=O) groups is 1. The lowest BCUT2D eigenvalue weighted by molar-refractivity contribution is -0.385. The van der Waals surface area contributed by atoms with Crippen LogP contribution in [-0.4, -0.2) is 17.4 Å². The number of amides is 1. The second kappa shape index (κ2) is 8.34. The van der Waals surface area contributed by atoms with E-state index < -0.39 is 4.92 Å². The van der Waals surface area contributed by atoms with Crippen molar-refractivity contribution in [1.29, 1.82) is 0 Å². The number of carbonyl (C=O) groups excluding carboxylic acids is 1. The maximum atomic E-state index is 10.9. The number of rotatable bonds is 8. The number of nitrogens with one attached hydrogen (secondary N) is 1. The lowest BCUT2D eigenvalue weighted by Crippen LogP contribution is -2.29. The highest BCUT2D eigenvalue weighted by Gasteiger charge is 2.15. The molecule has 0 radical (unpaired) electrons. The van der Waals surface area contributed by atoms with E-state index in [0.29, 0.717) is 25.9 Å². The predicted molar refractivity (Wildman–Crippen MR) is 74.4 cm³/mol. The van der Waals surface area contributed by atoms with Gasteiger partial charge in [0.15, 0.2) is 5.75 Å². The van der Waals surface area contributed by atoms with Crippen molar-refractivity contribution in [3.05, 3.63) is 33.3 Å². The number of benzene rings is 1. The van der Waals surface area contributed by atoms with E-state index in [1.807, 2.05) is 5.43 Å². The molecule has 0 aliphatic carbocycles. The molecule has 0 atom stereocenters. The zero-order valence-corrected chi connectivity index (χ0v) is 11.6. The third-order valence-corrected chi connectivity index (χ3v) is 2.82. The van der Waals surface area contributed by atoms with Crippen LogP contribution in [0.5, 0.6) is 5.75 Å². The number of nitro groups is 1. The summed E-state index contributed by atoms with van der Waals surface area (Å²) in [5, 5.41) is 11.1. The zero-order chi connectivity index (χ0) is 15.0. The zero-order valence-electron chi connectivity index (χ0n) is 10.8. The van der Waals surface area contributed by atoms with Crippen LogP contribution < -0.4 is 16.0 Å². The fraction of sp³-hybridized carbons (Fsp3) is 0.417. The van der Waals surface area contributed by atoms with Gasteiger partial charge in [0.25, 0.3) is 0 Å². The van der Waals surface area contributed by atoms with Crippen molar-refractivity contribution < 1.29 is 14.5 Å². The summed E-state index contributed by atoms with van der Waals surface area (Å²) in [6, 6.07) is 4.26. The standard InChI is InChI=1S/C12H16ClN3O4/c13-9-5-6-11(10(8-9)16(18)19)20-7-3-1-2-4-12(17)15-14/h5-6,8H,1-4,7,14H2,(H,15,17). The first-order valence-electron chi connectivity index (χ1n) is 6.10. The Morgan fingerprint density at radius 2 is 2.15 bits per heavy atom. The normalized spacial score (nSPS) is 10.1. The maximum Gasteiger partial charge on any atom is 0.312 e.